The van der Waals surface area contributed by atoms with Crippen molar-refractivity contribution < 1.29 is 14.2 Å². The van der Waals surface area contributed by atoms with E-state index >= 15 is 0 Å². The molecule has 0 radical (unpaired) electrons. The second-order valence-corrected chi connectivity index (χ2v) is 7.55. The molecule has 1 aliphatic rings. The number of nitrogens with zero attached hydrogens (tertiary/aromatic N) is 1. The second kappa shape index (κ2) is 11.1. The topological polar surface area (TPSA) is 30.9 Å². The fourth-order valence-corrected chi connectivity index (χ4v) is 3.52. The van der Waals surface area contributed by atoms with E-state index in [1.54, 1.807) is 0 Å². The van der Waals surface area contributed by atoms with Gasteiger partial charge in [-0.2, -0.15) is 0 Å². The lowest BCUT2D eigenvalue weighted by Crippen LogP contribution is -2.12. The smallest absolute Gasteiger partial charge is 0.127 e. The first kappa shape index (κ1) is 21.6. The highest BCUT2D eigenvalue weighted by Gasteiger charge is 2.19. The zero-order chi connectivity index (χ0) is 20.5. The van der Waals surface area contributed by atoms with Crippen LogP contribution in [0.25, 0.3) is 5.57 Å². The van der Waals surface area contributed by atoms with E-state index in [1.165, 1.54) is 27.8 Å². The summed E-state index contributed by atoms with van der Waals surface area (Å²) in [5.74, 6) is 0.957. The molecule has 0 spiro atoms. The fourth-order valence-electron chi connectivity index (χ4n) is 3.52. The van der Waals surface area contributed by atoms with E-state index in [-0.39, 0.29) is 0 Å². The molecular formula is C25H33NO3. The third-order valence-corrected chi connectivity index (χ3v) is 5.06. The number of benzene rings is 2. The minimum absolute atomic E-state index is 0.605. The van der Waals surface area contributed by atoms with Gasteiger partial charge >= 0.3 is 0 Å². The first-order chi connectivity index (χ1) is 14.2. The van der Waals surface area contributed by atoms with Crippen molar-refractivity contribution in [3.05, 3.63) is 70.8 Å². The van der Waals surface area contributed by atoms with Crippen LogP contribution in [0, 0.1) is 0 Å². The predicted octanol–water partition coefficient (Wildman–Crippen LogP) is 4.56. The Morgan fingerprint density at radius 3 is 2.66 bits per heavy atom. The van der Waals surface area contributed by atoms with Crippen LogP contribution < -0.4 is 4.74 Å². The van der Waals surface area contributed by atoms with Crippen LogP contribution in [0.2, 0.25) is 0 Å². The first-order valence-electron chi connectivity index (χ1n) is 10.5. The average Bonchev–Trinajstić information content (AvgIpc) is 2.87. The van der Waals surface area contributed by atoms with Crippen molar-refractivity contribution in [3.63, 3.8) is 0 Å². The van der Waals surface area contributed by atoms with E-state index in [4.69, 9.17) is 14.2 Å². The van der Waals surface area contributed by atoms with Crippen molar-refractivity contribution in [1.82, 2.24) is 4.90 Å². The van der Waals surface area contributed by atoms with Gasteiger partial charge in [-0.15, -0.1) is 0 Å². The molecule has 2 aromatic rings. The molecule has 0 saturated heterocycles. The van der Waals surface area contributed by atoms with Crippen molar-refractivity contribution in [1.29, 1.82) is 0 Å². The molecule has 0 amide bonds. The maximum atomic E-state index is 6.16. The summed E-state index contributed by atoms with van der Waals surface area (Å²) in [5, 5.41) is 0. The zero-order valence-corrected chi connectivity index (χ0v) is 17.9. The zero-order valence-electron chi connectivity index (χ0n) is 17.9. The highest BCUT2D eigenvalue weighted by molar-refractivity contribution is 5.85. The van der Waals surface area contributed by atoms with Crippen molar-refractivity contribution in [2.24, 2.45) is 0 Å². The molecule has 0 saturated carbocycles. The van der Waals surface area contributed by atoms with Crippen LogP contribution in [-0.2, 0) is 22.5 Å². The lowest BCUT2D eigenvalue weighted by Gasteiger charge is -2.14. The van der Waals surface area contributed by atoms with Crippen LogP contribution >= 0.6 is 0 Å². The summed E-state index contributed by atoms with van der Waals surface area (Å²) < 4.78 is 17.2. The third kappa shape index (κ3) is 6.17. The van der Waals surface area contributed by atoms with Gasteiger partial charge in [-0.25, -0.2) is 0 Å². The highest BCUT2D eigenvalue weighted by Crippen LogP contribution is 2.37. The molecule has 0 atom stereocenters. The third-order valence-electron chi connectivity index (χ3n) is 5.06. The summed E-state index contributed by atoms with van der Waals surface area (Å²) in [6.07, 6.45) is 4.24. The molecule has 1 heterocycles. The van der Waals surface area contributed by atoms with Crippen molar-refractivity contribution in [3.8, 4) is 5.75 Å². The molecule has 0 fully saturated rings. The molecule has 0 bridgehead atoms. The van der Waals surface area contributed by atoms with Gasteiger partial charge in [0.2, 0.25) is 0 Å². The van der Waals surface area contributed by atoms with Crippen LogP contribution in [0.3, 0.4) is 0 Å². The molecule has 156 valence electrons. The maximum Gasteiger partial charge on any atom is 0.127 e. The SMILES string of the molecule is CCOCCOCCc1ccc2c(c1)/C(=C\CCN(C)C)c1ccccc1CO2. The molecule has 0 unspecified atom stereocenters. The van der Waals surface area contributed by atoms with Crippen LogP contribution in [0.5, 0.6) is 5.75 Å². The summed E-state index contributed by atoms with van der Waals surface area (Å²) in [7, 11) is 4.22. The minimum Gasteiger partial charge on any atom is -0.488 e. The van der Waals surface area contributed by atoms with Gasteiger partial charge in [0.05, 0.1) is 19.8 Å². The highest BCUT2D eigenvalue weighted by atomic mass is 16.5. The number of ether oxygens (including phenoxy) is 3. The van der Waals surface area contributed by atoms with Gasteiger partial charge in [0.1, 0.15) is 12.4 Å². The van der Waals surface area contributed by atoms with E-state index in [2.05, 4.69) is 67.5 Å². The number of hydrogen-bond donors (Lipinski definition) is 0. The Labute approximate surface area is 175 Å². The fraction of sp³-hybridized carbons (Fsp3) is 0.440. The molecule has 3 rings (SSSR count). The number of rotatable bonds is 10. The second-order valence-electron chi connectivity index (χ2n) is 7.55. The molecule has 29 heavy (non-hydrogen) atoms. The normalized spacial score (nSPS) is 14.4. The van der Waals surface area contributed by atoms with E-state index in [1.807, 2.05) is 6.92 Å². The monoisotopic (exact) mass is 395 g/mol. The Bertz CT molecular complexity index is 813. The quantitative estimate of drug-likeness (QED) is 0.552. The predicted molar refractivity (Wildman–Crippen MR) is 118 cm³/mol. The van der Waals surface area contributed by atoms with Gasteiger partial charge in [0.25, 0.3) is 0 Å². The molecule has 1 aliphatic heterocycles. The summed E-state index contributed by atoms with van der Waals surface area (Å²) in [5.41, 5.74) is 6.23. The Morgan fingerprint density at radius 1 is 1.00 bits per heavy atom. The van der Waals surface area contributed by atoms with E-state index in [9.17, 15) is 0 Å². The molecule has 0 aromatic heterocycles. The van der Waals surface area contributed by atoms with Gasteiger partial charge in [0, 0.05) is 18.7 Å². The van der Waals surface area contributed by atoms with Crippen molar-refractivity contribution >= 4 is 5.57 Å². The van der Waals surface area contributed by atoms with E-state index in [0.29, 0.717) is 26.4 Å². The Morgan fingerprint density at radius 2 is 1.83 bits per heavy atom. The summed E-state index contributed by atoms with van der Waals surface area (Å²) in [6.45, 7) is 6.36. The Hall–Kier alpha value is -2.14. The van der Waals surface area contributed by atoms with Gasteiger partial charge in [-0.3, -0.25) is 0 Å². The van der Waals surface area contributed by atoms with E-state index in [0.717, 1.165) is 31.7 Å². The lowest BCUT2D eigenvalue weighted by molar-refractivity contribution is 0.0541. The summed E-state index contributed by atoms with van der Waals surface area (Å²) >= 11 is 0. The molecule has 0 aliphatic carbocycles. The lowest BCUT2D eigenvalue weighted by atomic mass is 9.92. The van der Waals surface area contributed by atoms with Crippen LogP contribution in [-0.4, -0.2) is 52.0 Å². The van der Waals surface area contributed by atoms with Crippen LogP contribution in [0.4, 0.5) is 0 Å². The Kier molecular flexibility index (Phi) is 8.29. The maximum absolute atomic E-state index is 6.16. The number of hydrogen-bond acceptors (Lipinski definition) is 4. The number of fused-ring (bicyclic) bond motifs is 2. The van der Waals surface area contributed by atoms with Crippen molar-refractivity contribution in [2.75, 3.05) is 47.1 Å². The van der Waals surface area contributed by atoms with Crippen LogP contribution in [0.1, 0.15) is 35.6 Å². The molecule has 0 N–H and O–H groups in total. The van der Waals surface area contributed by atoms with E-state index < -0.39 is 0 Å². The standard InChI is InChI=1S/C25H33NO3/c1-4-27-16-17-28-15-13-20-11-12-25-24(18-20)23(10-7-14-26(2)3)22-9-6-5-8-21(22)19-29-25/h5-6,8-12,18H,4,7,13-17,19H2,1-3H3/b23-10-. The largest absolute Gasteiger partial charge is 0.488 e. The molecule has 4 nitrogen and oxygen atoms in total. The molecule has 2 aromatic carbocycles. The van der Waals surface area contributed by atoms with Gasteiger partial charge < -0.3 is 19.1 Å². The van der Waals surface area contributed by atoms with Gasteiger partial charge in [-0.05, 0) is 68.3 Å². The molecule has 4 heteroatoms. The Balaban J connectivity index is 1.80. The molecular weight excluding hydrogens is 362 g/mol. The summed E-state index contributed by atoms with van der Waals surface area (Å²) in [4.78, 5) is 2.22. The first-order valence-corrected chi connectivity index (χ1v) is 10.5. The van der Waals surface area contributed by atoms with Crippen molar-refractivity contribution in [2.45, 2.75) is 26.4 Å². The van der Waals surface area contributed by atoms with Crippen LogP contribution in [0.15, 0.2) is 48.5 Å². The summed E-state index contributed by atoms with van der Waals surface area (Å²) in [6, 6.07) is 15.1. The van der Waals surface area contributed by atoms with Gasteiger partial charge in [0.15, 0.2) is 0 Å². The van der Waals surface area contributed by atoms with Gasteiger partial charge in [-0.1, -0.05) is 36.4 Å². The average molecular weight is 396 g/mol. The minimum atomic E-state index is 0.605.